The Morgan fingerprint density at radius 3 is 2.48 bits per heavy atom. The van der Waals surface area contributed by atoms with Crippen LogP contribution in [-0.2, 0) is 29.3 Å². The molecule has 4 aromatic rings. The van der Waals surface area contributed by atoms with E-state index in [4.69, 9.17) is 30.9 Å². The molecule has 3 aromatic carbocycles. The summed E-state index contributed by atoms with van der Waals surface area (Å²) in [6.07, 6.45) is 4.64. The van der Waals surface area contributed by atoms with Crippen molar-refractivity contribution in [2.24, 2.45) is 0 Å². The smallest absolute Gasteiger partial charge is 0.333 e. The van der Waals surface area contributed by atoms with Gasteiger partial charge < -0.3 is 34.8 Å². The highest BCUT2D eigenvalue weighted by atomic mass is 35.5. The van der Waals surface area contributed by atoms with Crippen LogP contribution in [0.1, 0.15) is 59.1 Å². The van der Waals surface area contributed by atoms with E-state index in [0.717, 1.165) is 52.0 Å². The minimum absolute atomic E-state index is 0.0273. The van der Waals surface area contributed by atoms with E-state index in [2.05, 4.69) is 22.4 Å². The van der Waals surface area contributed by atoms with Gasteiger partial charge in [-0.2, -0.15) is 5.26 Å². The van der Waals surface area contributed by atoms with Gasteiger partial charge in [-0.15, -0.1) is 0 Å². The first-order valence-corrected chi connectivity index (χ1v) is 18.2. The van der Waals surface area contributed by atoms with Crippen molar-refractivity contribution < 1.29 is 39.1 Å². The fraction of sp³-hybridized carbons (Fsp3) is 0.366. The normalized spacial score (nSPS) is 14.9. The third kappa shape index (κ3) is 10.5. The molecule has 2 atom stereocenters. The Kier molecular flexibility index (Phi) is 14.2. The van der Waals surface area contributed by atoms with Crippen molar-refractivity contribution in [1.29, 1.82) is 5.26 Å². The van der Waals surface area contributed by atoms with Crippen molar-refractivity contribution in [3.63, 3.8) is 0 Å². The number of benzene rings is 3. The van der Waals surface area contributed by atoms with Crippen LogP contribution in [0.15, 0.2) is 67.0 Å². The molecule has 0 spiro atoms. The van der Waals surface area contributed by atoms with Crippen molar-refractivity contribution in [3.8, 4) is 34.4 Å². The summed E-state index contributed by atoms with van der Waals surface area (Å²) in [4.78, 5) is 28.9. The second kappa shape index (κ2) is 19.2. The maximum Gasteiger partial charge on any atom is 0.333 e. The number of carbonyl (C=O) groups is 2. The Bertz CT molecular complexity index is 1980. The topological polar surface area (TPSA) is 174 Å². The van der Waals surface area contributed by atoms with Gasteiger partial charge in [0.25, 0.3) is 0 Å². The first-order valence-electron chi connectivity index (χ1n) is 17.9. The summed E-state index contributed by atoms with van der Waals surface area (Å²) >= 11 is 6.83. The van der Waals surface area contributed by atoms with Crippen LogP contribution in [0.4, 0.5) is 0 Å². The maximum atomic E-state index is 12.1. The number of rotatable bonds is 18. The lowest BCUT2D eigenvalue weighted by molar-refractivity contribution is -0.146. The van der Waals surface area contributed by atoms with Crippen LogP contribution in [-0.4, -0.2) is 75.5 Å². The summed E-state index contributed by atoms with van der Waals surface area (Å²) in [5.74, 6) is -0.455. The molecule has 284 valence electrons. The quantitative estimate of drug-likeness (QED) is 0.0837. The lowest BCUT2D eigenvalue weighted by atomic mass is 9.93. The molecule has 1 aromatic heterocycles. The molecule has 0 bridgehead atoms. The highest BCUT2D eigenvalue weighted by Gasteiger charge is 2.29. The second-order valence-electron chi connectivity index (χ2n) is 13.3. The Labute approximate surface area is 319 Å². The van der Waals surface area contributed by atoms with Crippen molar-refractivity contribution >= 4 is 23.5 Å². The molecule has 4 N–H and O–H groups in total. The summed E-state index contributed by atoms with van der Waals surface area (Å²) in [5, 5.41) is 40.7. The Balaban J connectivity index is 1.31. The minimum atomic E-state index is -1.44. The number of aliphatic carboxylic acids is 2. The average molecular weight is 757 g/mol. The molecule has 1 unspecified atom stereocenters. The molecule has 0 radical (unpaired) electrons. The first-order chi connectivity index (χ1) is 26.0. The summed E-state index contributed by atoms with van der Waals surface area (Å²) in [6.45, 7) is 6.27. The molecular formula is C41H45ClN4O8. The summed E-state index contributed by atoms with van der Waals surface area (Å²) in [5.41, 5.74) is 6.85. The van der Waals surface area contributed by atoms with Crippen LogP contribution in [0.2, 0.25) is 5.02 Å². The first kappa shape index (κ1) is 40.0. The molecule has 1 aliphatic heterocycles. The Morgan fingerprint density at radius 1 is 0.963 bits per heavy atom. The summed E-state index contributed by atoms with van der Waals surface area (Å²) in [7, 11) is 0. The van der Waals surface area contributed by atoms with Crippen LogP contribution < -0.4 is 19.5 Å². The van der Waals surface area contributed by atoms with Crippen LogP contribution >= 0.6 is 11.6 Å². The molecule has 1 aliphatic rings. The predicted molar refractivity (Wildman–Crippen MR) is 203 cm³/mol. The number of pyridine rings is 1. The Hall–Kier alpha value is -5.19. The van der Waals surface area contributed by atoms with E-state index in [0.29, 0.717) is 66.7 Å². The molecule has 0 amide bonds. The van der Waals surface area contributed by atoms with Gasteiger partial charge in [-0.05, 0) is 92.2 Å². The van der Waals surface area contributed by atoms with Crippen LogP contribution in [0.3, 0.4) is 0 Å². The van der Waals surface area contributed by atoms with E-state index in [1.54, 1.807) is 24.4 Å². The number of nitriles is 1. The van der Waals surface area contributed by atoms with Gasteiger partial charge in [0.05, 0.1) is 17.2 Å². The van der Waals surface area contributed by atoms with Crippen LogP contribution in [0.5, 0.6) is 17.2 Å². The van der Waals surface area contributed by atoms with Crippen molar-refractivity contribution in [2.75, 3.05) is 26.2 Å². The summed E-state index contributed by atoms with van der Waals surface area (Å²) < 4.78 is 18.7. The highest BCUT2D eigenvalue weighted by Crippen LogP contribution is 2.37. The zero-order valence-corrected chi connectivity index (χ0v) is 31.1. The molecule has 1 fully saturated rings. The second-order valence-corrected chi connectivity index (χ2v) is 13.7. The number of hydrogen-bond donors (Lipinski definition) is 4. The highest BCUT2D eigenvalue weighted by molar-refractivity contribution is 6.32. The number of carboxylic acid groups (broad SMARTS) is 2. The number of ether oxygens (including phenoxy) is 3. The largest absolute Gasteiger partial charge is 0.493 e. The summed E-state index contributed by atoms with van der Waals surface area (Å²) in [6, 6.07) is 18.7. The molecule has 12 nitrogen and oxygen atoms in total. The number of aliphatic hydroxyl groups is 1. The number of likely N-dealkylation sites (tertiary alicyclic amines) is 1. The van der Waals surface area contributed by atoms with Crippen LogP contribution in [0, 0.1) is 25.2 Å². The van der Waals surface area contributed by atoms with E-state index < -0.39 is 24.1 Å². The van der Waals surface area contributed by atoms with Gasteiger partial charge in [0.2, 0.25) is 0 Å². The van der Waals surface area contributed by atoms with E-state index in [1.807, 2.05) is 49.1 Å². The molecule has 13 heteroatoms. The lowest BCUT2D eigenvalue weighted by Gasteiger charge is -2.33. The molecule has 1 saturated heterocycles. The van der Waals surface area contributed by atoms with Crippen molar-refractivity contribution in [1.82, 2.24) is 15.2 Å². The van der Waals surface area contributed by atoms with Crippen molar-refractivity contribution in [3.05, 3.63) is 105 Å². The third-order valence-corrected chi connectivity index (χ3v) is 9.78. The fourth-order valence-corrected chi connectivity index (χ4v) is 6.71. The number of aromatic nitrogens is 1. The van der Waals surface area contributed by atoms with E-state index >= 15 is 0 Å². The number of piperidine rings is 1. The Morgan fingerprint density at radius 2 is 1.72 bits per heavy atom. The molecule has 0 aliphatic carbocycles. The number of aliphatic hydroxyl groups excluding tert-OH is 1. The molecular weight excluding hydrogens is 712 g/mol. The number of hydrogen-bond acceptors (Lipinski definition) is 10. The average Bonchev–Trinajstić information content (AvgIpc) is 3.16. The molecule has 2 heterocycles. The van der Waals surface area contributed by atoms with E-state index in [9.17, 15) is 25.1 Å². The van der Waals surface area contributed by atoms with Gasteiger partial charge in [-0.3, -0.25) is 14.7 Å². The molecule has 5 rings (SSSR count). The van der Waals surface area contributed by atoms with E-state index in [1.165, 1.54) is 6.20 Å². The zero-order chi connectivity index (χ0) is 38.6. The number of nitrogens with zero attached hydrogens (tertiary/aromatic N) is 3. The predicted octanol–water partition coefficient (Wildman–Crippen LogP) is 6.29. The van der Waals surface area contributed by atoms with Gasteiger partial charge in [0.15, 0.2) is 6.10 Å². The third-order valence-electron chi connectivity index (χ3n) is 9.49. The van der Waals surface area contributed by atoms with Gasteiger partial charge >= 0.3 is 11.9 Å². The van der Waals surface area contributed by atoms with E-state index in [-0.39, 0.29) is 19.8 Å². The minimum Gasteiger partial charge on any atom is -0.493 e. The number of carboxylic acids is 2. The zero-order valence-electron chi connectivity index (χ0n) is 30.4. The van der Waals surface area contributed by atoms with Gasteiger partial charge in [0, 0.05) is 42.7 Å². The lowest BCUT2D eigenvalue weighted by Crippen LogP contribution is -2.44. The number of halogens is 1. The van der Waals surface area contributed by atoms with Crippen molar-refractivity contribution in [2.45, 2.75) is 71.4 Å². The maximum absolute atomic E-state index is 12.1. The standard InChI is InChI=1S/C41H45ClN4O8/c1-26-30(8-5-9-32(26)33-10-6-12-37(27(33)2)52-15-7-13-44-22-36(47)41(50)51)25-54-39-18-38(53-24-29-16-28(19-43)20-45-21-29)31(17-34(39)42)23-46-14-4-3-11-35(46)40(48)49/h5-6,8-10,12,16-18,20-21,35-36,44,47H,3-4,7,11,13-15,22-25H2,1-2H3,(H,48,49)(H,50,51)/t35-,36?/m0/s1. The fourth-order valence-electron chi connectivity index (χ4n) is 6.47. The monoisotopic (exact) mass is 756 g/mol. The SMILES string of the molecule is Cc1c(COc2cc(OCc3cncc(C#N)c3)c(CN3CCCC[C@H]3C(=O)O)cc2Cl)cccc1-c1cccc(OCCCNCC(O)C(=O)O)c1C. The number of nitrogens with one attached hydrogen (secondary N) is 1. The van der Waals surface area contributed by atoms with Crippen LogP contribution in [0.25, 0.3) is 11.1 Å². The molecule has 0 saturated carbocycles. The molecule has 54 heavy (non-hydrogen) atoms. The van der Waals surface area contributed by atoms with Gasteiger partial charge in [0.1, 0.15) is 42.6 Å². The van der Waals surface area contributed by atoms with Gasteiger partial charge in [-0.1, -0.05) is 48.4 Å². The van der Waals surface area contributed by atoms with Gasteiger partial charge in [-0.25, -0.2) is 4.79 Å².